The smallest absolute Gasteiger partial charge is 0.290 e. The van der Waals surface area contributed by atoms with Crippen LogP contribution in [0.3, 0.4) is 0 Å². The van der Waals surface area contributed by atoms with Gasteiger partial charge in [0.15, 0.2) is 5.76 Å². The number of halogens is 1. The number of anilines is 1. The van der Waals surface area contributed by atoms with Crippen LogP contribution < -0.4 is 10.5 Å². The van der Waals surface area contributed by atoms with E-state index in [1.54, 1.807) is 35.2 Å². The fourth-order valence-electron chi connectivity index (χ4n) is 3.61. The van der Waals surface area contributed by atoms with E-state index in [9.17, 15) is 14.0 Å². The molecule has 11 heteroatoms. The molecule has 1 aromatic carbocycles. The number of nitrogens with zero attached hydrogens (tertiary/aromatic N) is 5. The Bertz CT molecular complexity index is 1290. The lowest BCUT2D eigenvalue weighted by atomic mass is 10.2. The van der Waals surface area contributed by atoms with Crippen LogP contribution in [0.5, 0.6) is 0 Å². The summed E-state index contributed by atoms with van der Waals surface area (Å²) in [5.41, 5.74) is 1.41. The zero-order valence-corrected chi connectivity index (χ0v) is 17.7. The van der Waals surface area contributed by atoms with Gasteiger partial charge in [0, 0.05) is 37.9 Å². The van der Waals surface area contributed by atoms with Gasteiger partial charge >= 0.3 is 0 Å². The molecule has 1 saturated heterocycles. The van der Waals surface area contributed by atoms with E-state index in [-0.39, 0.29) is 23.0 Å². The molecule has 1 aliphatic rings. The van der Waals surface area contributed by atoms with E-state index in [4.69, 9.17) is 4.42 Å². The second kappa shape index (κ2) is 8.50. The molecule has 1 fully saturated rings. The average molecular weight is 454 g/mol. The molecule has 9 nitrogen and oxygen atoms in total. The molecule has 5 rings (SSSR count). The fourth-order valence-corrected chi connectivity index (χ4v) is 4.42. The predicted molar refractivity (Wildman–Crippen MR) is 117 cm³/mol. The van der Waals surface area contributed by atoms with Crippen LogP contribution in [0.2, 0.25) is 0 Å². The van der Waals surface area contributed by atoms with Gasteiger partial charge in [0.2, 0.25) is 11.1 Å². The molecule has 0 unspecified atom stereocenters. The summed E-state index contributed by atoms with van der Waals surface area (Å²) in [4.78, 5) is 28.8. The van der Waals surface area contributed by atoms with Crippen molar-refractivity contribution in [3.05, 3.63) is 64.9 Å². The Hall–Kier alpha value is -3.60. The van der Waals surface area contributed by atoms with Gasteiger partial charge in [0.25, 0.3) is 5.56 Å². The Balaban J connectivity index is 1.24. The van der Waals surface area contributed by atoms with Gasteiger partial charge in [0.1, 0.15) is 17.0 Å². The lowest BCUT2D eigenvalue weighted by molar-refractivity contribution is -0.128. The normalized spacial score (nSPS) is 14.3. The van der Waals surface area contributed by atoms with Gasteiger partial charge in [-0.2, -0.15) is 5.10 Å². The van der Waals surface area contributed by atoms with Crippen molar-refractivity contribution < 1.29 is 13.6 Å². The molecule has 164 valence electrons. The van der Waals surface area contributed by atoms with Crippen molar-refractivity contribution in [3.8, 4) is 11.5 Å². The molecule has 0 aliphatic carbocycles. The third kappa shape index (κ3) is 3.98. The molecule has 3 aromatic heterocycles. The number of H-pyrrole nitrogens is 1. The number of benzene rings is 1. The number of hydrogen-bond donors (Lipinski definition) is 1. The average Bonchev–Trinajstić information content (AvgIpc) is 3.50. The summed E-state index contributed by atoms with van der Waals surface area (Å²) in [5, 5.41) is 11.3. The SMILES string of the molecule is O=C(CSc1n[nH]c(=O)c2cc(-c3ccco3)nn12)N1CCN(c2ccc(F)cc2)CC1. The Morgan fingerprint density at radius 1 is 1.16 bits per heavy atom. The number of nitrogens with one attached hydrogen (secondary N) is 1. The fraction of sp³-hybridized carbons (Fsp3) is 0.238. The number of fused-ring (bicyclic) bond motifs is 1. The van der Waals surface area contributed by atoms with E-state index < -0.39 is 0 Å². The molecule has 0 saturated carbocycles. The van der Waals surface area contributed by atoms with Crippen LogP contribution >= 0.6 is 11.8 Å². The number of carbonyl (C=O) groups excluding carboxylic acids is 1. The van der Waals surface area contributed by atoms with Crippen molar-refractivity contribution in [2.75, 3.05) is 36.8 Å². The van der Waals surface area contributed by atoms with Gasteiger partial charge in [-0.1, -0.05) is 11.8 Å². The second-order valence-electron chi connectivity index (χ2n) is 7.27. The van der Waals surface area contributed by atoms with Crippen molar-refractivity contribution in [2.45, 2.75) is 5.16 Å². The highest BCUT2D eigenvalue weighted by atomic mass is 32.2. The summed E-state index contributed by atoms with van der Waals surface area (Å²) in [6, 6.07) is 11.5. The molecule has 32 heavy (non-hydrogen) atoms. The summed E-state index contributed by atoms with van der Waals surface area (Å²) in [7, 11) is 0. The first kappa shape index (κ1) is 20.3. The van der Waals surface area contributed by atoms with Gasteiger partial charge in [-0.3, -0.25) is 9.59 Å². The van der Waals surface area contributed by atoms with Crippen LogP contribution in [0.15, 0.2) is 63.1 Å². The number of aromatic amines is 1. The summed E-state index contributed by atoms with van der Waals surface area (Å²) in [5.74, 6) is 0.422. The summed E-state index contributed by atoms with van der Waals surface area (Å²) in [6.07, 6.45) is 1.53. The van der Waals surface area contributed by atoms with Gasteiger partial charge < -0.3 is 14.2 Å². The molecule has 4 heterocycles. The Kier molecular flexibility index (Phi) is 5.39. The number of rotatable bonds is 5. The van der Waals surface area contributed by atoms with Crippen molar-refractivity contribution in [2.24, 2.45) is 0 Å². The van der Waals surface area contributed by atoms with E-state index in [2.05, 4.69) is 20.2 Å². The lowest BCUT2D eigenvalue weighted by Crippen LogP contribution is -2.49. The molecule has 0 atom stereocenters. The summed E-state index contributed by atoms with van der Waals surface area (Å²) < 4.78 is 19.9. The van der Waals surface area contributed by atoms with E-state index >= 15 is 0 Å². The van der Waals surface area contributed by atoms with Crippen LogP contribution in [0.1, 0.15) is 0 Å². The van der Waals surface area contributed by atoms with Gasteiger partial charge in [-0.25, -0.2) is 14.0 Å². The second-order valence-corrected chi connectivity index (χ2v) is 8.21. The van der Waals surface area contributed by atoms with Gasteiger partial charge in [0.05, 0.1) is 12.0 Å². The third-order valence-electron chi connectivity index (χ3n) is 5.30. The number of furan rings is 1. The van der Waals surface area contributed by atoms with E-state index in [1.165, 1.54) is 34.7 Å². The maximum absolute atomic E-state index is 13.1. The quantitative estimate of drug-likeness (QED) is 0.462. The Labute approximate surface area is 185 Å². The van der Waals surface area contributed by atoms with Crippen molar-refractivity contribution in [3.63, 3.8) is 0 Å². The van der Waals surface area contributed by atoms with E-state index in [0.717, 1.165) is 5.69 Å². The zero-order chi connectivity index (χ0) is 22.1. The van der Waals surface area contributed by atoms with Crippen molar-refractivity contribution in [1.82, 2.24) is 24.7 Å². The molecular formula is C21H19FN6O3S. The Morgan fingerprint density at radius 2 is 1.94 bits per heavy atom. The highest BCUT2D eigenvalue weighted by Gasteiger charge is 2.22. The number of amides is 1. The number of carbonyl (C=O) groups is 1. The van der Waals surface area contributed by atoms with Gasteiger partial charge in [-0.15, -0.1) is 5.10 Å². The van der Waals surface area contributed by atoms with Crippen LogP contribution in [0, 0.1) is 5.82 Å². The summed E-state index contributed by atoms with van der Waals surface area (Å²) >= 11 is 1.21. The molecule has 0 radical (unpaired) electrons. The lowest BCUT2D eigenvalue weighted by Gasteiger charge is -2.36. The first-order chi connectivity index (χ1) is 15.6. The van der Waals surface area contributed by atoms with Crippen molar-refractivity contribution >= 4 is 28.9 Å². The van der Waals surface area contributed by atoms with E-state index in [1.807, 2.05) is 0 Å². The monoisotopic (exact) mass is 454 g/mol. The largest absolute Gasteiger partial charge is 0.463 e. The maximum atomic E-state index is 13.1. The predicted octanol–water partition coefficient (Wildman–Crippen LogP) is 2.26. The highest BCUT2D eigenvalue weighted by molar-refractivity contribution is 7.99. The number of piperazine rings is 1. The van der Waals surface area contributed by atoms with Crippen LogP contribution in [0.25, 0.3) is 17.0 Å². The molecule has 1 amide bonds. The molecule has 1 N–H and O–H groups in total. The Morgan fingerprint density at radius 3 is 2.66 bits per heavy atom. The standard InChI is InChI=1S/C21H19FN6O3S/c22-14-3-5-15(6-4-14)26-7-9-27(10-8-26)19(29)13-32-21-24-23-20(30)17-12-16(25-28(17)21)18-2-1-11-31-18/h1-6,11-12H,7-10,13H2,(H,23,30). The van der Waals surface area contributed by atoms with Crippen LogP contribution in [0.4, 0.5) is 10.1 Å². The number of aromatic nitrogens is 4. The van der Waals surface area contributed by atoms with E-state index in [0.29, 0.717) is 48.3 Å². The summed E-state index contributed by atoms with van der Waals surface area (Å²) in [6.45, 7) is 2.51. The maximum Gasteiger partial charge on any atom is 0.290 e. The third-order valence-corrected chi connectivity index (χ3v) is 6.21. The topological polar surface area (TPSA) is 99.7 Å². The minimum atomic E-state index is -0.372. The number of thioether (sulfide) groups is 1. The molecule has 0 spiro atoms. The van der Waals surface area contributed by atoms with Crippen LogP contribution in [-0.2, 0) is 4.79 Å². The van der Waals surface area contributed by atoms with Gasteiger partial charge in [-0.05, 0) is 36.4 Å². The minimum Gasteiger partial charge on any atom is -0.463 e. The molecule has 0 bridgehead atoms. The number of hydrogen-bond acceptors (Lipinski definition) is 7. The highest BCUT2D eigenvalue weighted by Crippen LogP contribution is 2.22. The van der Waals surface area contributed by atoms with Crippen molar-refractivity contribution in [1.29, 1.82) is 0 Å². The first-order valence-electron chi connectivity index (χ1n) is 10.0. The first-order valence-corrected chi connectivity index (χ1v) is 11.0. The minimum absolute atomic E-state index is 0.0201. The molecular weight excluding hydrogens is 435 g/mol. The van der Waals surface area contributed by atoms with Crippen LogP contribution in [-0.4, -0.2) is 62.6 Å². The molecule has 4 aromatic rings. The molecule has 1 aliphatic heterocycles. The zero-order valence-electron chi connectivity index (χ0n) is 16.9.